The molecule has 1 atom stereocenters. The van der Waals surface area contributed by atoms with Crippen LogP contribution in [0.1, 0.15) is 24.2 Å². The van der Waals surface area contributed by atoms with E-state index in [2.05, 4.69) is 73.6 Å². The second-order valence-corrected chi connectivity index (χ2v) is 7.10. The average Bonchev–Trinajstić information content (AvgIpc) is 3.40. The molecule has 1 aromatic carbocycles. The van der Waals surface area contributed by atoms with E-state index in [-0.39, 0.29) is 6.04 Å². The first-order valence-electron chi connectivity index (χ1n) is 8.57. The Bertz CT molecular complexity index is 981. The summed E-state index contributed by atoms with van der Waals surface area (Å²) >= 11 is 1.57. The zero-order valence-electron chi connectivity index (χ0n) is 15.1. The van der Waals surface area contributed by atoms with Gasteiger partial charge < -0.3 is 0 Å². The summed E-state index contributed by atoms with van der Waals surface area (Å²) < 4.78 is 1.75. The van der Waals surface area contributed by atoms with Crippen LogP contribution in [0.2, 0.25) is 0 Å². The second kappa shape index (κ2) is 7.73. The van der Waals surface area contributed by atoms with E-state index in [4.69, 9.17) is 0 Å². The minimum absolute atomic E-state index is 0.257. The average molecular weight is 377 g/mol. The van der Waals surface area contributed by atoms with Crippen molar-refractivity contribution in [1.82, 2.24) is 34.6 Å². The predicted molar refractivity (Wildman–Crippen MR) is 104 cm³/mol. The van der Waals surface area contributed by atoms with Crippen LogP contribution in [0, 0.1) is 0 Å². The van der Waals surface area contributed by atoms with Gasteiger partial charge in [0.1, 0.15) is 12.7 Å². The highest BCUT2D eigenvalue weighted by atomic mass is 32.1. The van der Waals surface area contributed by atoms with Crippen LogP contribution >= 0.6 is 11.3 Å². The minimum Gasteiger partial charge on any atom is -0.294 e. The first kappa shape index (κ1) is 17.4. The van der Waals surface area contributed by atoms with Gasteiger partial charge in [-0.15, -0.1) is 11.3 Å². The van der Waals surface area contributed by atoms with Gasteiger partial charge in [-0.1, -0.05) is 12.1 Å². The van der Waals surface area contributed by atoms with Crippen molar-refractivity contribution in [3.05, 3.63) is 72.0 Å². The summed E-state index contributed by atoms with van der Waals surface area (Å²) in [6.07, 6.45) is 6.70. The van der Waals surface area contributed by atoms with Crippen molar-refractivity contribution in [2.24, 2.45) is 0 Å². The van der Waals surface area contributed by atoms with Crippen molar-refractivity contribution in [2.75, 3.05) is 7.05 Å². The summed E-state index contributed by atoms with van der Waals surface area (Å²) in [5.41, 5.74) is 3.26. The summed E-state index contributed by atoms with van der Waals surface area (Å²) in [6.45, 7) is 2.95. The molecule has 7 nitrogen and oxygen atoms in total. The summed E-state index contributed by atoms with van der Waals surface area (Å²) in [7, 11) is 2.11. The van der Waals surface area contributed by atoms with E-state index in [0.29, 0.717) is 5.82 Å². The Hall–Kier alpha value is -2.97. The van der Waals surface area contributed by atoms with Gasteiger partial charge in [0.15, 0.2) is 10.8 Å². The van der Waals surface area contributed by atoms with Gasteiger partial charge in [-0.2, -0.15) is 5.10 Å². The Labute approximate surface area is 161 Å². The molecule has 0 bridgehead atoms. The molecular weight excluding hydrogens is 358 g/mol. The van der Waals surface area contributed by atoms with Gasteiger partial charge in [-0.3, -0.25) is 4.90 Å². The topological polar surface area (TPSA) is 72.6 Å². The summed E-state index contributed by atoms with van der Waals surface area (Å²) in [5, 5.41) is 7.08. The van der Waals surface area contributed by atoms with Gasteiger partial charge >= 0.3 is 0 Å². The molecule has 0 aliphatic carbocycles. The predicted octanol–water partition coefficient (Wildman–Crippen LogP) is 3.37. The monoisotopic (exact) mass is 377 g/mol. The molecule has 0 N–H and O–H groups in total. The van der Waals surface area contributed by atoms with Crippen molar-refractivity contribution in [3.8, 4) is 16.5 Å². The van der Waals surface area contributed by atoms with E-state index in [1.807, 2.05) is 6.07 Å². The standard InChI is InChI=1S/C19H19N7S/c1-14(15-4-6-17(7-5-15)26-13-20-12-23-26)25(2)10-16-11-27-19(24-16)18-21-8-3-9-22-18/h3-9,11-14H,10H2,1-2H3/t14-/m1/s1. The van der Waals surface area contributed by atoms with E-state index in [9.17, 15) is 0 Å². The summed E-state index contributed by atoms with van der Waals surface area (Å²) in [4.78, 5) is 19.5. The zero-order chi connectivity index (χ0) is 18.6. The molecule has 0 saturated carbocycles. The van der Waals surface area contributed by atoms with Crippen molar-refractivity contribution in [1.29, 1.82) is 0 Å². The highest BCUT2D eigenvalue weighted by molar-refractivity contribution is 7.13. The van der Waals surface area contributed by atoms with Crippen LogP contribution in [0.25, 0.3) is 16.5 Å². The highest BCUT2D eigenvalue weighted by Gasteiger charge is 2.15. The van der Waals surface area contributed by atoms with E-state index in [0.717, 1.165) is 22.9 Å². The lowest BCUT2D eigenvalue weighted by Crippen LogP contribution is -2.22. The largest absolute Gasteiger partial charge is 0.294 e. The molecule has 3 aromatic heterocycles. The maximum atomic E-state index is 4.68. The molecule has 0 aliphatic heterocycles. The molecule has 0 amide bonds. The SMILES string of the molecule is C[C@H](c1ccc(-n2cncn2)cc1)N(C)Cc1csc(-c2ncccn2)n1. The molecule has 4 rings (SSSR count). The molecule has 4 aromatic rings. The third-order valence-corrected chi connectivity index (χ3v) is 5.33. The lowest BCUT2D eigenvalue weighted by molar-refractivity contribution is 0.250. The van der Waals surface area contributed by atoms with Crippen LogP contribution in [0.3, 0.4) is 0 Å². The van der Waals surface area contributed by atoms with E-state index in [1.54, 1.807) is 34.7 Å². The van der Waals surface area contributed by atoms with Gasteiger partial charge in [0, 0.05) is 30.4 Å². The lowest BCUT2D eigenvalue weighted by atomic mass is 10.1. The maximum absolute atomic E-state index is 4.68. The normalized spacial score (nSPS) is 12.4. The molecule has 27 heavy (non-hydrogen) atoms. The number of thiazole rings is 1. The number of hydrogen-bond donors (Lipinski definition) is 0. The third kappa shape index (κ3) is 3.91. The molecule has 136 valence electrons. The van der Waals surface area contributed by atoms with Gasteiger partial charge in [-0.25, -0.2) is 24.6 Å². The van der Waals surface area contributed by atoms with Crippen LogP contribution in [0.5, 0.6) is 0 Å². The lowest BCUT2D eigenvalue weighted by Gasteiger charge is -2.24. The van der Waals surface area contributed by atoms with Crippen molar-refractivity contribution in [2.45, 2.75) is 19.5 Å². The van der Waals surface area contributed by atoms with Crippen molar-refractivity contribution < 1.29 is 0 Å². The number of aromatic nitrogens is 6. The van der Waals surface area contributed by atoms with Gasteiger partial charge in [0.05, 0.1) is 11.4 Å². The molecule has 8 heteroatoms. The first-order chi connectivity index (χ1) is 13.2. The van der Waals surface area contributed by atoms with Gasteiger partial charge in [0.25, 0.3) is 0 Å². The molecule has 3 heterocycles. The molecule has 0 unspecified atom stereocenters. The Morgan fingerprint density at radius 3 is 2.63 bits per heavy atom. The Kier molecular flexibility index (Phi) is 4.99. The molecule has 0 fully saturated rings. The molecule has 0 saturated heterocycles. The van der Waals surface area contributed by atoms with Gasteiger partial charge in [0.2, 0.25) is 0 Å². The molecule has 0 aliphatic rings. The second-order valence-electron chi connectivity index (χ2n) is 6.24. The fourth-order valence-electron chi connectivity index (χ4n) is 2.79. The molecule has 0 spiro atoms. The van der Waals surface area contributed by atoms with E-state index < -0.39 is 0 Å². The molecular formula is C19H19N7S. The van der Waals surface area contributed by atoms with Crippen LogP contribution < -0.4 is 0 Å². The van der Waals surface area contributed by atoms with Crippen LogP contribution in [-0.4, -0.2) is 41.7 Å². The van der Waals surface area contributed by atoms with Crippen molar-refractivity contribution >= 4 is 11.3 Å². The van der Waals surface area contributed by atoms with Gasteiger partial charge in [-0.05, 0) is 37.7 Å². The molecule has 0 radical (unpaired) electrons. The maximum Gasteiger partial charge on any atom is 0.188 e. The number of benzene rings is 1. The van der Waals surface area contributed by atoms with E-state index in [1.165, 1.54) is 11.9 Å². The van der Waals surface area contributed by atoms with Crippen LogP contribution in [0.15, 0.2) is 60.8 Å². The zero-order valence-corrected chi connectivity index (χ0v) is 15.9. The third-order valence-electron chi connectivity index (χ3n) is 4.44. The highest BCUT2D eigenvalue weighted by Crippen LogP contribution is 2.24. The van der Waals surface area contributed by atoms with Crippen LogP contribution in [0.4, 0.5) is 0 Å². The number of hydrogen-bond acceptors (Lipinski definition) is 7. The Balaban J connectivity index is 1.43. The van der Waals surface area contributed by atoms with Crippen LogP contribution in [-0.2, 0) is 6.54 Å². The Morgan fingerprint density at radius 1 is 1.15 bits per heavy atom. The smallest absolute Gasteiger partial charge is 0.188 e. The summed E-state index contributed by atoms with van der Waals surface area (Å²) in [5.74, 6) is 0.674. The van der Waals surface area contributed by atoms with Crippen molar-refractivity contribution in [3.63, 3.8) is 0 Å². The number of nitrogens with zero attached hydrogens (tertiary/aromatic N) is 7. The minimum atomic E-state index is 0.257. The number of rotatable bonds is 6. The quantitative estimate of drug-likeness (QED) is 0.513. The fourth-order valence-corrected chi connectivity index (χ4v) is 3.54. The first-order valence-corrected chi connectivity index (χ1v) is 9.45. The Morgan fingerprint density at radius 2 is 1.93 bits per heavy atom. The van der Waals surface area contributed by atoms with E-state index >= 15 is 0 Å². The summed E-state index contributed by atoms with van der Waals surface area (Å²) in [6, 6.07) is 10.4. The fraction of sp³-hybridized carbons (Fsp3) is 0.211.